The highest BCUT2D eigenvalue weighted by molar-refractivity contribution is 6.30. The van der Waals surface area contributed by atoms with Crippen molar-refractivity contribution in [3.63, 3.8) is 0 Å². The molecular weight excluding hydrogens is 386 g/mol. The maximum atomic E-state index is 12.2. The molecule has 0 bridgehead atoms. The first-order valence-electron chi connectivity index (χ1n) is 8.76. The molecule has 1 aromatic carbocycles. The summed E-state index contributed by atoms with van der Waals surface area (Å²) in [5, 5.41) is 13.9. The number of aromatic nitrogens is 3. The van der Waals surface area contributed by atoms with Crippen LogP contribution >= 0.6 is 11.6 Å². The number of esters is 1. The van der Waals surface area contributed by atoms with Gasteiger partial charge in [0.25, 0.3) is 5.91 Å². The van der Waals surface area contributed by atoms with Crippen molar-refractivity contribution in [3.05, 3.63) is 40.7 Å². The van der Waals surface area contributed by atoms with E-state index in [4.69, 9.17) is 16.3 Å². The zero-order valence-corrected chi connectivity index (χ0v) is 16.6. The molecule has 28 heavy (non-hydrogen) atoms. The van der Waals surface area contributed by atoms with E-state index in [-0.39, 0.29) is 11.6 Å². The van der Waals surface area contributed by atoms with Gasteiger partial charge in [-0.2, -0.15) is 9.90 Å². The largest absolute Gasteiger partial charge is 0.451 e. The highest BCUT2D eigenvalue weighted by Gasteiger charge is 2.20. The van der Waals surface area contributed by atoms with Crippen LogP contribution in [0.2, 0.25) is 5.02 Å². The zero-order valence-electron chi connectivity index (χ0n) is 15.9. The van der Waals surface area contributed by atoms with Gasteiger partial charge in [-0.15, -0.1) is 5.10 Å². The zero-order chi connectivity index (χ0) is 20.7. The third-order valence-corrected chi connectivity index (χ3v) is 3.90. The summed E-state index contributed by atoms with van der Waals surface area (Å²) < 4.78 is 4.98. The molecule has 0 saturated carbocycles. The van der Waals surface area contributed by atoms with Gasteiger partial charge in [0.1, 0.15) is 6.04 Å². The van der Waals surface area contributed by atoms with Crippen molar-refractivity contribution in [3.8, 4) is 5.69 Å². The normalized spacial score (nSPS) is 11.6. The number of aryl methyl sites for hydroxylation is 1. The summed E-state index contributed by atoms with van der Waals surface area (Å²) in [5.41, 5.74) is 0.915. The molecule has 1 heterocycles. The number of nitrogens with zero attached hydrogens (tertiary/aromatic N) is 3. The van der Waals surface area contributed by atoms with E-state index in [0.29, 0.717) is 22.9 Å². The lowest BCUT2D eigenvalue weighted by molar-refractivity contribution is -0.130. The molecule has 0 aliphatic rings. The Kier molecular flexibility index (Phi) is 7.51. The Balaban J connectivity index is 1.93. The van der Waals surface area contributed by atoms with Gasteiger partial charge in [-0.25, -0.2) is 4.79 Å². The number of rotatable bonds is 8. The van der Waals surface area contributed by atoms with Crippen LogP contribution < -0.4 is 10.6 Å². The second kappa shape index (κ2) is 9.84. The van der Waals surface area contributed by atoms with Gasteiger partial charge in [0.15, 0.2) is 12.3 Å². The Morgan fingerprint density at radius 1 is 1.29 bits per heavy atom. The average molecular weight is 408 g/mol. The highest BCUT2D eigenvalue weighted by Crippen LogP contribution is 2.14. The maximum Gasteiger partial charge on any atom is 0.361 e. The second-order valence-corrected chi connectivity index (χ2v) is 6.50. The number of ether oxygens (including phenoxy) is 1. The summed E-state index contributed by atoms with van der Waals surface area (Å²) in [6.07, 6.45) is 0.791. The van der Waals surface area contributed by atoms with E-state index >= 15 is 0 Å². The van der Waals surface area contributed by atoms with Crippen molar-refractivity contribution in [1.82, 2.24) is 25.6 Å². The van der Waals surface area contributed by atoms with Crippen molar-refractivity contribution in [2.24, 2.45) is 0 Å². The fourth-order valence-corrected chi connectivity index (χ4v) is 2.42. The molecule has 9 nitrogen and oxygen atoms in total. The minimum Gasteiger partial charge on any atom is -0.451 e. The average Bonchev–Trinajstić information content (AvgIpc) is 3.06. The van der Waals surface area contributed by atoms with Crippen LogP contribution in [0.4, 0.5) is 0 Å². The van der Waals surface area contributed by atoms with Gasteiger partial charge in [0, 0.05) is 11.6 Å². The standard InChI is InChI=1S/C18H22ClN5O4/c1-4-8-20-17(26)12(3)21-15(25)10-28-18(27)16-11(2)22-24(23-16)14-7-5-6-13(19)9-14/h5-7,9,12H,4,8,10H2,1-3H3,(H,20,26)(H,21,25)/t12-/m1/s1. The van der Waals surface area contributed by atoms with E-state index in [1.165, 1.54) is 4.80 Å². The lowest BCUT2D eigenvalue weighted by atomic mass is 10.3. The Morgan fingerprint density at radius 2 is 2.04 bits per heavy atom. The number of carbonyl (C=O) groups excluding carboxylic acids is 3. The molecule has 2 aromatic rings. The minimum absolute atomic E-state index is 0.0125. The number of nitrogens with one attached hydrogen (secondary N) is 2. The molecule has 1 aromatic heterocycles. The van der Waals surface area contributed by atoms with Crippen LogP contribution in [0, 0.1) is 6.92 Å². The first kappa shape index (κ1) is 21.4. The van der Waals surface area contributed by atoms with Gasteiger partial charge in [0.05, 0.1) is 11.4 Å². The molecule has 2 amide bonds. The van der Waals surface area contributed by atoms with Gasteiger partial charge in [-0.3, -0.25) is 9.59 Å². The minimum atomic E-state index is -0.788. The van der Waals surface area contributed by atoms with E-state index in [2.05, 4.69) is 20.8 Å². The van der Waals surface area contributed by atoms with Crippen LogP contribution in [-0.2, 0) is 14.3 Å². The SMILES string of the molecule is CCCNC(=O)[C@@H](C)NC(=O)COC(=O)c1nn(-c2cccc(Cl)c2)nc1C. The van der Waals surface area contributed by atoms with Gasteiger partial charge < -0.3 is 15.4 Å². The molecule has 150 valence electrons. The number of hydrogen-bond donors (Lipinski definition) is 2. The molecule has 10 heteroatoms. The van der Waals surface area contributed by atoms with Crippen molar-refractivity contribution in [1.29, 1.82) is 0 Å². The molecule has 0 aliphatic carbocycles. The van der Waals surface area contributed by atoms with Crippen LogP contribution in [0.25, 0.3) is 5.69 Å². The fourth-order valence-electron chi connectivity index (χ4n) is 2.23. The molecule has 0 unspecified atom stereocenters. The van der Waals surface area contributed by atoms with Crippen LogP contribution in [0.3, 0.4) is 0 Å². The molecule has 0 fully saturated rings. The summed E-state index contributed by atoms with van der Waals surface area (Å²) in [6.45, 7) is 5.06. The quantitative estimate of drug-likeness (QED) is 0.639. The van der Waals surface area contributed by atoms with Crippen LogP contribution in [0.1, 0.15) is 36.5 Å². The van der Waals surface area contributed by atoms with Crippen molar-refractivity contribution in [2.45, 2.75) is 33.2 Å². The maximum absolute atomic E-state index is 12.2. The topological polar surface area (TPSA) is 115 Å². The van der Waals surface area contributed by atoms with Crippen LogP contribution in [0.5, 0.6) is 0 Å². The number of hydrogen-bond acceptors (Lipinski definition) is 6. The summed E-state index contributed by atoms with van der Waals surface area (Å²) in [5.74, 6) is -1.68. The molecule has 1 atom stereocenters. The van der Waals surface area contributed by atoms with E-state index < -0.39 is 24.5 Å². The predicted octanol–water partition coefficient (Wildman–Crippen LogP) is 1.42. The molecule has 2 rings (SSSR count). The number of halogens is 1. The monoisotopic (exact) mass is 407 g/mol. The van der Waals surface area contributed by atoms with Gasteiger partial charge in [0.2, 0.25) is 5.91 Å². The predicted molar refractivity (Wildman–Crippen MR) is 102 cm³/mol. The Morgan fingerprint density at radius 3 is 2.71 bits per heavy atom. The summed E-state index contributed by atoms with van der Waals surface area (Å²) in [7, 11) is 0. The molecule has 2 N–H and O–H groups in total. The Labute approximate surface area is 167 Å². The van der Waals surface area contributed by atoms with E-state index in [1.807, 2.05) is 6.92 Å². The Bertz CT molecular complexity index is 867. The van der Waals surface area contributed by atoms with Gasteiger partial charge in [-0.1, -0.05) is 24.6 Å². The summed E-state index contributed by atoms with van der Waals surface area (Å²) in [4.78, 5) is 37.1. The van der Waals surface area contributed by atoms with Gasteiger partial charge >= 0.3 is 5.97 Å². The third kappa shape index (κ3) is 5.78. The number of amides is 2. The Hall–Kier alpha value is -2.94. The van der Waals surface area contributed by atoms with Crippen LogP contribution in [0.15, 0.2) is 24.3 Å². The molecular formula is C18H22ClN5O4. The lowest BCUT2D eigenvalue weighted by Crippen LogP contribution is -2.46. The fraction of sp³-hybridized carbons (Fsp3) is 0.389. The molecule has 0 spiro atoms. The molecule has 0 radical (unpaired) electrons. The van der Waals surface area contributed by atoms with Gasteiger partial charge in [-0.05, 0) is 38.5 Å². The number of carbonyl (C=O) groups is 3. The highest BCUT2D eigenvalue weighted by atomic mass is 35.5. The van der Waals surface area contributed by atoms with E-state index in [0.717, 1.165) is 6.42 Å². The lowest BCUT2D eigenvalue weighted by Gasteiger charge is -2.13. The second-order valence-electron chi connectivity index (χ2n) is 6.06. The van der Waals surface area contributed by atoms with E-state index in [1.54, 1.807) is 38.1 Å². The smallest absolute Gasteiger partial charge is 0.361 e. The molecule has 0 aliphatic heterocycles. The van der Waals surface area contributed by atoms with Crippen molar-refractivity contribution >= 4 is 29.4 Å². The third-order valence-electron chi connectivity index (χ3n) is 3.67. The molecule has 0 saturated heterocycles. The first-order chi connectivity index (χ1) is 13.3. The number of benzene rings is 1. The summed E-state index contributed by atoms with van der Waals surface area (Å²) >= 11 is 5.95. The summed E-state index contributed by atoms with van der Waals surface area (Å²) in [6, 6.07) is 6.09. The first-order valence-corrected chi connectivity index (χ1v) is 9.13. The van der Waals surface area contributed by atoms with E-state index in [9.17, 15) is 14.4 Å². The van der Waals surface area contributed by atoms with Crippen LogP contribution in [-0.4, -0.2) is 52.0 Å². The van der Waals surface area contributed by atoms with Crippen molar-refractivity contribution in [2.75, 3.05) is 13.2 Å². The van der Waals surface area contributed by atoms with Crippen molar-refractivity contribution < 1.29 is 19.1 Å².